The van der Waals surface area contributed by atoms with Gasteiger partial charge in [-0.2, -0.15) is 0 Å². The normalized spacial score (nSPS) is 19.4. The standard InChI is InChI=1S/C13H27N3O3S/c1-15(2)10-11-4-7-16(8-5-11)13(17)12(14)6-9-20(3,18)19/h11-12H,4-10,14H2,1-3H3. The van der Waals surface area contributed by atoms with Crippen molar-refractivity contribution in [1.29, 1.82) is 0 Å². The zero-order chi connectivity index (χ0) is 15.3. The number of piperidine rings is 1. The SMILES string of the molecule is CN(C)CC1CCN(C(=O)C(N)CCS(C)(=O)=O)CC1. The maximum atomic E-state index is 12.1. The van der Waals surface area contributed by atoms with Gasteiger partial charge in [-0.15, -0.1) is 0 Å². The number of amides is 1. The molecule has 0 aromatic rings. The van der Waals surface area contributed by atoms with Crippen LogP contribution in [0.1, 0.15) is 19.3 Å². The van der Waals surface area contributed by atoms with E-state index in [4.69, 9.17) is 5.73 Å². The number of hydrogen-bond acceptors (Lipinski definition) is 5. The van der Waals surface area contributed by atoms with Gasteiger partial charge in [0.15, 0.2) is 0 Å². The molecule has 1 rings (SSSR count). The number of nitrogens with two attached hydrogens (primary N) is 1. The second kappa shape index (κ2) is 7.38. The molecular formula is C13H27N3O3S. The van der Waals surface area contributed by atoms with E-state index in [1.807, 2.05) is 0 Å². The van der Waals surface area contributed by atoms with Gasteiger partial charge < -0.3 is 15.5 Å². The highest BCUT2D eigenvalue weighted by Gasteiger charge is 2.26. The fraction of sp³-hybridized carbons (Fsp3) is 0.923. The van der Waals surface area contributed by atoms with Crippen molar-refractivity contribution in [1.82, 2.24) is 9.80 Å². The van der Waals surface area contributed by atoms with Crippen LogP contribution in [0.15, 0.2) is 0 Å². The third-order valence-electron chi connectivity index (χ3n) is 3.67. The number of likely N-dealkylation sites (tertiary alicyclic amines) is 1. The van der Waals surface area contributed by atoms with Crippen LogP contribution in [-0.2, 0) is 14.6 Å². The van der Waals surface area contributed by atoms with E-state index >= 15 is 0 Å². The molecule has 1 atom stereocenters. The zero-order valence-corrected chi connectivity index (χ0v) is 13.5. The monoisotopic (exact) mass is 305 g/mol. The Morgan fingerprint density at radius 1 is 1.35 bits per heavy atom. The Labute approximate surface area is 122 Å². The highest BCUT2D eigenvalue weighted by atomic mass is 32.2. The quantitative estimate of drug-likeness (QED) is 0.718. The first-order valence-electron chi connectivity index (χ1n) is 7.06. The maximum absolute atomic E-state index is 12.1. The van der Waals surface area contributed by atoms with Gasteiger partial charge in [0.25, 0.3) is 0 Å². The fourth-order valence-corrected chi connectivity index (χ4v) is 3.23. The second-order valence-electron chi connectivity index (χ2n) is 6.06. The first-order chi connectivity index (χ1) is 9.19. The lowest BCUT2D eigenvalue weighted by molar-refractivity contribution is -0.134. The van der Waals surface area contributed by atoms with Crippen LogP contribution in [0.2, 0.25) is 0 Å². The third kappa shape index (κ3) is 6.19. The number of sulfone groups is 1. The highest BCUT2D eigenvalue weighted by Crippen LogP contribution is 2.18. The van der Waals surface area contributed by atoms with E-state index in [0.29, 0.717) is 5.92 Å². The van der Waals surface area contributed by atoms with Gasteiger partial charge in [0.1, 0.15) is 9.84 Å². The van der Waals surface area contributed by atoms with E-state index in [0.717, 1.165) is 38.7 Å². The summed E-state index contributed by atoms with van der Waals surface area (Å²) in [6, 6.07) is -0.699. The number of rotatable bonds is 6. The number of carbonyl (C=O) groups is 1. The van der Waals surface area contributed by atoms with Gasteiger partial charge in [0.05, 0.1) is 11.8 Å². The van der Waals surface area contributed by atoms with E-state index in [1.54, 1.807) is 4.90 Å². The lowest BCUT2D eigenvalue weighted by Gasteiger charge is -2.34. The minimum Gasteiger partial charge on any atom is -0.341 e. The summed E-state index contributed by atoms with van der Waals surface area (Å²) in [6.07, 6.45) is 3.34. The van der Waals surface area contributed by atoms with Crippen molar-refractivity contribution in [3.05, 3.63) is 0 Å². The zero-order valence-electron chi connectivity index (χ0n) is 12.7. The van der Waals surface area contributed by atoms with Crippen molar-refractivity contribution in [3.63, 3.8) is 0 Å². The molecule has 0 aromatic heterocycles. The van der Waals surface area contributed by atoms with Crippen LogP contribution >= 0.6 is 0 Å². The van der Waals surface area contributed by atoms with Gasteiger partial charge in [-0.25, -0.2) is 8.42 Å². The van der Waals surface area contributed by atoms with Crippen LogP contribution in [0.4, 0.5) is 0 Å². The summed E-state index contributed by atoms with van der Waals surface area (Å²) in [6.45, 7) is 2.50. The van der Waals surface area contributed by atoms with Crippen LogP contribution in [0.5, 0.6) is 0 Å². The van der Waals surface area contributed by atoms with Crippen LogP contribution in [0, 0.1) is 5.92 Å². The van der Waals surface area contributed by atoms with E-state index in [2.05, 4.69) is 19.0 Å². The van der Waals surface area contributed by atoms with Crippen LogP contribution in [0.3, 0.4) is 0 Å². The summed E-state index contributed by atoms with van der Waals surface area (Å²) in [4.78, 5) is 16.1. The molecule has 0 aliphatic carbocycles. The summed E-state index contributed by atoms with van der Waals surface area (Å²) < 4.78 is 22.2. The molecule has 1 heterocycles. The molecule has 1 amide bonds. The summed E-state index contributed by atoms with van der Waals surface area (Å²) in [7, 11) is 1.05. The van der Waals surface area contributed by atoms with Crippen LogP contribution < -0.4 is 5.73 Å². The molecule has 1 fully saturated rings. The van der Waals surface area contributed by atoms with Gasteiger partial charge in [0, 0.05) is 25.9 Å². The molecule has 2 N–H and O–H groups in total. The number of nitrogens with zero attached hydrogens (tertiary/aromatic N) is 2. The predicted molar refractivity (Wildman–Crippen MR) is 80.2 cm³/mol. The second-order valence-corrected chi connectivity index (χ2v) is 8.32. The third-order valence-corrected chi connectivity index (χ3v) is 4.64. The Hall–Kier alpha value is -0.660. The molecule has 1 unspecified atom stereocenters. The Bertz CT molecular complexity index is 415. The predicted octanol–water partition coefficient (Wildman–Crippen LogP) is -0.451. The average molecular weight is 305 g/mol. The molecule has 0 radical (unpaired) electrons. The Morgan fingerprint density at radius 2 is 1.90 bits per heavy atom. The molecule has 0 saturated carbocycles. The van der Waals surface area contributed by atoms with Crippen LogP contribution in [-0.4, -0.2) is 75.9 Å². The molecule has 118 valence electrons. The minimum absolute atomic E-state index is 0.0308. The van der Waals surface area contributed by atoms with Crippen molar-refractivity contribution < 1.29 is 13.2 Å². The first kappa shape index (κ1) is 17.4. The Kier molecular flexibility index (Phi) is 6.42. The first-order valence-corrected chi connectivity index (χ1v) is 9.12. The Morgan fingerprint density at radius 3 is 2.35 bits per heavy atom. The lowest BCUT2D eigenvalue weighted by Crippen LogP contribution is -2.48. The van der Waals surface area contributed by atoms with Gasteiger partial charge in [-0.1, -0.05) is 0 Å². The van der Waals surface area contributed by atoms with Gasteiger partial charge >= 0.3 is 0 Å². The number of hydrogen-bond donors (Lipinski definition) is 1. The molecule has 1 aliphatic heterocycles. The smallest absolute Gasteiger partial charge is 0.239 e. The molecule has 1 aliphatic rings. The van der Waals surface area contributed by atoms with Crippen molar-refractivity contribution in [2.24, 2.45) is 11.7 Å². The van der Waals surface area contributed by atoms with E-state index in [9.17, 15) is 13.2 Å². The minimum atomic E-state index is -3.06. The molecular weight excluding hydrogens is 278 g/mol. The van der Waals surface area contributed by atoms with E-state index in [1.165, 1.54) is 0 Å². The summed E-state index contributed by atoms with van der Waals surface area (Å²) in [5.41, 5.74) is 5.81. The molecule has 1 saturated heterocycles. The van der Waals surface area contributed by atoms with Crippen molar-refractivity contribution >= 4 is 15.7 Å². The average Bonchev–Trinajstić information content (AvgIpc) is 2.34. The van der Waals surface area contributed by atoms with Crippen LogP contribution in [0.25, 0.3) is 0 Å². The molecule has 6 nitrogen and oxygen atoms in total. The molecule has 7 heteroatoms. The van der Waals surface area contributed by atoms with Gasteiger partial charge in [-0.05, 0) is 39.3 Å². The van der Waals surface area contributed by atoms with Gasteiger partial charge in [0.2, 0.25) is 5.91 Å². The number of carbonyl (C=O) groups excluding carboxylic acids is 1. The summed E-state index contributed by atoms with van der Waals surface area (Å²) in [5.74, 6) is 0.482. The molecule has 0 spiro atoms. The summed E-state index contributed by atoms with van der Waals surface area (Å²) >= 11 is 0. The highest BCUT2D eigenvalue weighted by molar-refractivity contribution is 7.90. The van der Waals surface area contributed by atoms with E-state index in [-0.39, 0.29) is 18.1 Å². The largest absolute Gasteiger partial charge is 0.341 e. The lowest BCUT2D eigenvalue weighted by atomic mass is 9.96. The van der Waals surface area contributed by atoms with Crippen molar-refractivity contribution in [3.8, 4) is 0 Å². The fourth-order valence-electron chi connectivity index (χ4n) is 2.55. The van der Waals surface area contributed by atoms with Crippen molar-refractivity contribution in [2.75, 3.05) is 45.7 Å². The van der Waals surface area contributed by atoms with Gasteiger partial charge in [-0.3, -0.25) is 4.79 Å². The maximum Gasteiger partial charge on any atom is 0.239 e. The molecule has 0 bridgehead atoms. The molecule has 20 heavy (non-hydrogen) atoms. The Balaban J connectivity index is 2.38. The van der Waals surface area contributed by atoms with Crippen molar-refractivity contribution in [2.45, 2.75) is 25.3 Å². The summed E-state index contributed by atoms with van der Waals surface area (Å²) in [5, 5.41) is 0. The molecule has 0 aromatic carbocycles. The van der Waals surface area contributed by atoms with E-state index < -0.39 is 15.9 Å². The topological polar surface area (TPSA) is 83.7 Å².